The lowest BCUT2D eigenvalue weighted by Crippen LogP contribution is -2.20. The van der Waals surface area contributed by atoms with Crippen molar-refractivity contribution in [2.24, 2.45) is 5.10 Å². The Balaban J connectivity index is 1.74. The first-order valence-electron chi connectivity index (χ1n) is 8.52. The number of benzene rings is 3. The second-order valence-corrected chi connectivity index (χ2v) is 7.62. The van der Waals surface area contributed by atoms with Gasteiger partial charge < -0.3 is 5.11 Å². The van der Waals surface area contributed by atoms with Gasteiger partial charge in [0.1, 0.15) is 5.75 Å². The lowest BCUT2D eigenvalue weighted by atomic mass is 10.0. The van der Waals surface area contributed by atoms with E-state index < -0.39 is 0 Å². The van der Waals surface area contributed by atoms with Crippen molar-refractivity contribution >= 4 is 46.3 Å². The van der Waals surface area contributed by atoms with Crippen molar-refractivity contribution in [1.29, 1.82) is 0 Å². The van der Waals surface area contributed by atoms with Crippen LogP contribution in [0.3, 0.4) is 0 Å². The quantitative estimate of drug-likeness (QED) is 0.349. The van der Waals surface area contributed by atoms with E-state index in [1.165, 1.54) is 6.21 Å². The Morgan fingerprint density at radius 1 is 1.22 bits per heavy atom. The van der Waals surface area contributed by atoms with E-state index in [2.05, 4.69) is 17.5 Å². The fraction of sp³-hybridized carbons (Fsp3) is 0.143. The van der Waals surface area contributed by atoms with Crippen LogP contribution in [0.15, 0.2) is 64.6 Å². The Kier molecular flexibility index (Phi) is 6.37. The zero-order valence-corrected chi connectivity index (χ0v) is 16.3. The van der Waals surface area contributed by atoms with E-state index >= 15 is 0 Å². The minimum Gasteiger partial charge on any atom is -0.507 e. The van der Waals surface area contributed by atoms with Crippen molar-refractivity contribution in [3.05, 3.63) is 70.7 Å². The fourth-order valence-corrected chi connectivity index (χ4v) is 3.77. The first-order valence-corrected chi connectivity index (χ1v) is 9.88. The second kappa shape index (κ2) is 8.93. The lowest BCUT2D eigenvalue weighted by Gasteiger charge is -2.08. The summed E-state index contributed by atoms with van der Waals surface area (Å²) in [6.45, 7) is 2.06. The highest BCUT2D eigenvalue weighted by Crippen LogP contribution is 2.27. The number of carbonyl (C=O) groups is 1. The number of hydrazone groups is 1. The summed E-state index contributed by atoms with van der Waals surface area (Å²) in [7, 11) is 0. The van der Waals surface area contributed by atoms with Crippen LogP contribution < -0.4 is 5.43 Å². The molecule has 0 aromatic heterocycles. The number of nitrogens with one attached hydrogen (secondary N) is 1. The number of rotatable bonds is 6. The zero-order chi connectivity index (χ0) is 19.2. The molecule has 3 rings (SSSR count). The number of carbonyl (C=O) groups excluding carboxylic acids is 1. The summed E-state index contributed by atoms with van der Waals surface area (Å²) in [5, 5.41) is 16.6. The third kappa shape index (κ3) is 4.81. The van der Waals surface area contributed by atoms with E-state index in [0.717, 1.165) is 27.0 Å². The molecule has 3 aromatic rings. The number of fused-ring (bicyclic) bond motifs is 1. The van der Waals surface area contributed by atoms with Gasteiger partial charge in [-0.1, -0.05) is 48.9 Å². The summed E-state index contributed by atoms with van der Waals surface area (Å²) in [4.78, 5) is 13.3. The smallest absolute Gasteiger partial charge is 0.244 e. The number of hydrogen-bond acceptors (Lipinski definition) is 4. The molecule has 0 atom stereocenters. The van der Waals surface area contributed by atoms with Crippen molar-refractivity contribution in [1.82, 2.24) is 5.43 Å². The van der Waals surface area contributed by atoms with Crippen LogP contribution in [0.5, 0.6) is 5.75 Å². The van der Waals surface area contributed by atoms with Crippen LogP contribution in [-0.2, 0) is 11.2 Å². The van der Waals surface area contributed by atoms with Gasteiger partial charge in [0.2, 0.25) is 5.91 Å². The van der Waals surface area contributed by atoms with Gasteiger partial charge in [0.05, 0.1) is 12.6 Å². The molecule has 0 spiro atoms. The van der Waals surface area contributed by atoms with Crippen LogP contribution in [0, 0.1) is 0 Å². The van der Waals surface area contributed by atoms with Gasteiger partial charge in [0.15, 0.2) is 0 Å². The molecule has 0 heterocycles. The van der Waals surface area contributed by atoms with E-state index in [0.29, 0.717) is 10.6 Å². The molecule has 0 saturated carbocycles. The minimum absolute atomic E-state index is 0.114. The number of thioether (sulfide) groups is 1. The Morgan fingerprint density at radius 2 is 2.04 bits per heavy atom. The van der Waals surface area contributed by atoms with Crippen molar-refractivity contribution < 1.29 is 9.90 Å². The first kappa shape index (κ1) is 19.3. The monoisotopic (exact) mass is 398 g/mol. The molecule has 1 amide bonds. The van der Waals surface area contributed by atoms with Crippen molar-refractivity contribution in [2.75, 3.05) is 5.75 Å². The number of aromatic hydroxyl groups is 1. The average molecular weight is 399 g/mol. The van der Waals surface area contributed by atoms with Gasteiger partial charge in [-0.3, -0.25) is 4.79 Å². The normalized spacial score (nSPS) is 11.2. The molecule has 0 bridgehead atoms. The van der Waals surface area contributed by atoms with Crippen LogP contribution in [0.2, 0.25) is 5.02 Å². The topological polar surface area (TPSA) is 61.7 Å². The van der Waals surface area contributed by atoms with Gasteiger partial charge in [0.25, 0.3) is 0 Å². The second-order valence-electron chi connectivity index (χ2n) is 5.87. The molecule has 0 aliphatic carbocycles. The Morgan fingerprint density at radius 3 is 2.85 bits per heavy atom. The third-order valence-corrected chi connectivity index (χ3v) is 5.24. The minimum atomic E-state index is -0.244. The molecule has 2 N–H and O–H groups in total. The SMILES string of the molecule is CCSc1ccc(Cl)cc1CC(=O)N/N=C\c1c(O)ccc2ccccc12. The number of halogens is 1. The van der Waals surface area contributed by atoms with Crippen LogP contribution in [0.25, 0.3) is 10.8 Å². The van der Waals surface area contributed by atoms with E-state index in [1.807, 2.05) is 42.5 Å². The summed E-state index contributed by atoms with van der Waals surface area (Å²) >= 11 is 7.73. The Bertz CT molecular complexity index is 1000. The molecule has 0 aliphatic heterocycles. The van der Waals surface area contributed by atoms with Crippen molar-refractivity contribution in [3.63, 3.8) is 0 Å². The van der Waals surface area contributed by atoms with Crippen LogP contribution in [0.4, 0.5) is 0 Å². The molecular formula is C21H19ClN2O2S. The lowest BCUT2D eigenvalue weighted by molar-refractivity contribution is -0.120. The number of nitrogens with zero attached hydrogens (tertiary/aromatic N) is 1. The van der Waals surface area contributed by atoms with Gasteiger partial charge in [-0.25, -0.2) is 5.43 Å². The molecular weight excluding hydrogens is 380 g/mol. The molecule has 0 unspecified atom stereocenters. The molecule has 3 aromatic carbocycles. The predicted octanol–water partition coefficient (Wildman–Crippen LogP) is 5.00. The standard InChI is InChI=1S/C21H19ClN2O2S/c1-2-27-20-10-8-16(22)11-15(20)12-21(26)24-23-13-18-17-6-4-3-5-14(17)7-9-19(18)25/h3-11,13,25H,2,12H2,1H3,(H,24,26)/b23-13-. The maximum Gasteiger partial charge on any atom is 0.244 e. The van der Waals surface area contributed by atoms with E-state index in [4.69, 9.17) is 11.6 Å². The van der Waals surface area contributed by atoms with E-state index in [1.54, 1.807) is 23.9 Å². The predicted molar refractivity (Wildman–Crippen MR) is 113 cm³/mol. The molecule has 0 fully saturated rings. The third-order valence-electron chi connectivity index (χ3n) is 4.00. The summed E-state index contributed by atoms with van der Waals surface area (Å²) in [5.41, 5.74) is 3.97. The van der Waals surface area contributed by atoms with Gasteiger partial charge in [0, 0.05) is 15.5 Å². The summed E-state index contributed by atoms with van der Waals surface area (Å²) < 4.78 is 0. The molecule has 0 aliphatic rings. The molecule has 27 heavy (non-hydrogen) atoms. The van der Waals surface area contributed by atoms with E-state index in [-0.39, 0.29) is 18.1 Å². The van der Waals surface area contributed by atoms with Crippen molar-refractivity contribution in [3.8, 4) is 5.75 Å². The van der Waals surface area contributed by atoms with Crippen LogP contribution >= 0.6 is 23.4 Å². The van der Waals surface area contributed by atoms with Crippen LogP contribution in [0.1, 0.15) is 18.1 Å². The largest absolute Gasteiger partial charge is 0.507 e. The van der Waals surface area contributed by atoms with Crippen molar-refractivity contribution in [2.45, 2.75) is 18.2 Å². The Labute approximate surface area is 167 Å². The van der Waals surface area contributed by atoms with Gasteiger partial charge in [-0.15, -0.1) is 11.8 Å². The first-order chi connectivity index (χ1) is 13.1. The molecule has 0 saturated heterocycles. The highest BCUT2D eigenvalue weighted by atomic mass is 35.5. The van der Waals surface area contributed by atoms with Gasteiger partial charge in [-0.05, 0) is 46.4 Å². The highest BCUT2D eigenvalue weighted by Gasteiger charge is 2.09. The highest BCUT2D eigenvalue weighted by molar-refractivity contribution is 7.99. The molecule has 6 heteroatoms. The average Bonchev–Trinajstić information content (AvgIpc) is 2.66. The summed E-state index contributed by atoms with van der Waals surface area (Å²) in [5.74, 6) is 0.781. The zero-order valence-electron chi connectivity index (χ0n) is 14.8. The maximum absolute atomic E-state index is 12.3. The van der Waals surface area contributed by atoms with Crippen LogP contribution in [-0.4, -0.2) is 23.0 Å². The summed E-state index contributed by atoms with van der Waals surface area (Å²) in [6, 6.07) is 16.7. The molecule has 0 radical (unpaired) electrons. The fourth-order valence-electron chi connectivity index (χ4n) is 2.78. The van der Waals surface area contributed by atoms with E-state index in [9.17, 15) is 9.90 Å². The summed E-state index contributed by atoms with van der Waals surface area (Å²) in [6.07, 6.45) is 1.65. The Hall–Kier alpha value is -2.50. The number of hydrogen-bond donors (Lipinski definition) is 2. The van der Waals surface area contributed by atoms with Gasteiger partial charge in [-0.2, -0.15) is 5.10 Å². The molecule has 4 nitrogen and oxygen atoms in total. The maximum atomic E-state index is 12.3. The van der Waals surface area contributed by atoms with Gasteiger partial charge >= 0.3 is 0 Å². The number of amides is 1. The number of phenols is 1. The molecule has 138 valence electrons. The number of phenolic OH excluding ortho intramolecular Hbond substituents is 1.